The summed E-state index contributed by atoms with van der Waals surface area (Å²) in [6, 6.07) is 3.61. The summed E-state index contributed by atoms with van der Waals surface area (Å²) in [5, 5.41) is 0. The molecule has 0 saturated carbocycles. The quantitative estimate of drug-likeness (QED) is 0.824. The van der Waals surface area contributed by atoms with E-state index in [1.807, 2.05) is 6.92 Å². The van der Waals surface area contributed by atoms with Gasteiger partial charge in [0, 0.05) is 18.7 Å². The van der Waals surface area contributed by atoms with E-state index in [1.54, 1.807) is 13.4 Å². The first-order valence-electron chi connectivity index (χ1n) is 6.41. The maximum atomic E-state index is 13.7. The van der Waals surface area contributed by atoms with Gasteiger partial charge in [0.15, 0.2) is 0 Å². The van der Waals surface area contributed by atoms with E-state index in [-0.39, 0.29) is 5.60 Å². The normalized spacial score (nSPS) is 22.8. The molecule has 104 valence electrons. The lowest BCUT2D eigenvalue weighted by molar-refractivity contribution is -0.0545. The fraction of sp³-hybridized carbons (Fsp3) is 0.467. The van der Waals surface area contributed by atoms with Gasteiger partial charge in [-0.1, -0.05) is 6.92 Å². The number of halogens is 2. The molecule has 0 N–H and O–H groups in total. The standard InChI is InChI=1S/C15H18F2O2/c1-3-15(10-18-2)7-6-11(9-19-15)13-5-4-12(16)8-14(13)17/h4-5,8-9H,3,6-7,10H2,1-2H3/t15-/m0/s1. The van der Waals surface area contributed by atoms with E-state index in [9.17, 15) is 8.78 Å². The molecule has 0 spiro atoms. The molecule has 1 atom stereocenters. The Kier molecular flexibility index (Phi) is 4.20. The van der Waals surface area contributed by atoms with Gasteiger partial charge in [0.25, 0.3) is 0 Å². The third-order valence-corrected chi connectivity index (χ3v) is 3.63. The van der Waals surface area contributed by atoms with Crippen molar-refractivity contribution in [1.82, 2.24) is 0 Å². The van der Waals surface area contributed by atoms with Crippen molar-refractivity contribution in [3.05, 3.63) is 41.7 Å². The number of hydrogen-bond donors (Lipinski definition) is 0. The molecule has 2 rings (SSSR count). The molecule has 19 heavy (non-hydrogen) atoms. The van der Waals surface area contributed by atoms with Gasteiger partial charge < -0.3 is 9.47 Å². The number of rotatable bonds is 4. The Hall–Kier alpha value is -1.42. The fourth-order valence-electron chi connectivity index (χ4n) is 2.36. The molecule has 0 fully saturated rings. The summed E-state index contributed by atoms with van der Waals surface area (Å²) in [6.07, 6.45) is 3.87. The van der Waals surface area contributed by atoms with E-state index >= 15 is 0 Å². The van der Waals surface area contributed by atoms with Crippen LogP contribution >= 0.6 is 0 Å². The molecule has 1 aromatic rings. The predicted molar refractivity (Wildman–Crippen MR) is 69.6 cm³/mol. The van der Waals surface area contributed by atoms with Crippen molar-refractivity contribution in [2.75, 3.05) is 13.7 Å². The monoisotopic (exact) mass is 268 g/mol. The molecule has 0 radical (unpaired) electrons. The van der Waals surface area contributed by atoms with Crippen LogP contribution in [0.3, 0.4) is 0 Å². The first-order chi connectivity index (χ1) is 9.10. The Bertz CT molecular complexity index is 485. The highest BCUT2D eigenvalue weighted by molar-refractivity contribution is 5.65. The predicted octanol–water partition coefficient (Wildman–Crippen LogP) is 3.91. The highest BCUT2D eigenvalue weighted by Gasteiger charge is 2.33. The highest BCUT2D eigenvalue weighted by atomic mass is 19.1. The van der Waals surface area contributed by atoms with Crippen LogP contribution in [0.2, 0.25) is 0 Å². The van der Waals surface area contributed by atoms with Crippen LogP contribution in [0.4, 0.5) is 8.78 Å². The van der Waals surface area contributed by atoms with Gasteiger partial charge in [-0.2, -0.15) is 0 Å². The van der Waals surface area contributed by atoms with E-state index in [1.165, 1.54) is 12.1 Å². The summed E-state index contributed by atoms with van der Waals surface area (Å²) in [4.78, 5) is 0. The highest BCUT2D eigenvalue weighted by Crippen LogP contribution is 2.35. The van der Waals surface area contributed by atoms with Crippen LogP contribution in [0.15, 0.2) is 24.5 Å². The SMILES string of the molecule is CC[C@@]1(COC)CCC(c2ccc(F)cc2F)=CO1. The number of benzene rings is 1. The van der Waals surface area contributed by atoms with Crippen molar-refractivity contribution in [3.63, 3.8) is 0 Å². The molecule has 1 aliphatic rings. The Morgan fingerprint density at radius 3 is 2.68 bits per heavy atom. The lowest BCUT2D eigenvalue weighted by Crippen LogP contribution is -2.37. The summed E-state index contributed by atoms with van der Waals surface area (Å²) in [7, 11) is 1.64. The number of allylic oxidation sites excluding steroid dienone is 1. The smallest absolute Gasteiger partial charge is 0.133 e. The van der Waals surface area contributed by atoms with Gasteiger partial charge >= 0.3 is 0 Å². The Labute approximate surface area is 112 Å². The largest absolute Gasteiger partial charge is 0.492 e. The van der Waals surface area contributed by atoms with Crippen LogP contribution < -0.4 is 0 Å². The molecule has 1 aromatic carbocycles. The Balaban J connectivity index is 2.20. The van der Waals surface area contributed by atoms with Crippen LogP contribution in [0, 0.1) is 11.6 Å². The minimum absolute atomic E-state index is 0.325. The molecule has 0 saturated heterocycles. The van der Waals surface area contributed by atoms with Crippen LogP contribution in [0.5, 0.6) is 0 Å². The van der Waals surface area contributed by atoms with Gasteiger partial charge in [0.1, 0.15) is 17.2 Å². The third-order valence-electron chi connectivity index (χ3n) is 3.63. The second-order valence-corrected chi connectivity index (χ2v) is 4.85. The average Bonchev–Trinajstić information content (AvgIpc) is 2.40. The molecule has 4 heteroatoms. The molecule has 0 aliphatic carbocycles. The molecule has 0 bridgehead atoms. The second-order valence-electron chi connectivity index (χ2n) is 4.85. The van der Waals surface area contributed by atoms with Crippen molar-refractivity contribution < 1.29 is 18.3 Å². The topological polar surface area (TPSA) is 18.5 Å². The molecule has 0 unspecified atom stereocenters. The van der Waals surface area contributed by atoms with Crippen molar-refractivity contribution in [2.45, 2.75) is 31.8 Å². The van der Waals surface area contributed by atoms with Crippen LogP contribution in [-0.2, 0) is 9.47 Å². The van der Waals surface area contributed by atoms with E-state index < -0.39 is 11.6 Å². The first kappa shape index (κ1) is 14.0. The van der Waals surface area contributed by atoms with Crippen molar-refractivity contribution >= 4 is 5.57 Å². The van der Waals surface area contributed by atoms with Gasteiger partial charge in [-0.15, -0.1) is 0 Å². The number of hydrogen-bond acceptors (Lipinski definition) is 2. The molecule has 1 aliphatic heterocycles. The van der Waals surface area contributed by atoms with Crippen molar-refractivity contribution in [2.24, 2.45) is 0 Å². The molecule has 1 heterocycles. The molecule has 0 amide bonds. The second kappa shape index (κ2) is 5.70. The minimum Gasteiger partial charge on any atom is -0.492 e. The third kappa shape index (κ3) is 2.95. The Morgan fingerprint density at radius 1 is 1.37 bits per heavy atom. The summed E-state index contributed by atoms with van der Waals surface area (Å²) < 4.78 is 37.5. The molecule has 2 nitrogen and oxygen atoms in total. The van der Waals surface area contributed by atoms with Gasteiger partial charge in [0.2, 0.25) is 0 Å². The first-order valence-corrected chi connectivity index (χ1v) is 6.41. The van der Waals surface area contributed by atoms with Gasteiger partial charge in [-0.05, 0) is 37.0 Å². The van der Waals surface area contributed by atoms with E-state index in [2.05, 4.69) is 0 Å². The zero-order chi connectivity index (χ0) is 13.9. The zero-order valence-corrected chi connectivity index (χ0v) is 11.2. The van der Waals surface area contributed by atoms with Crippen LogP contribution in [-0.4, -0.2) is 19.3 Å². The lowest BCUT2D eigenvalue weighted by Gasteiger charge is -2.35. The molecule has 0 aromatic heterocycles. The number of methoxy groups -OCH3 is 1. The minimum atomic E-state index is -0.569. The van der Waals surface area contributed by atoms with Gasteiger partial charge in [-0.3, -0.25) is 0 Å². The average molecular weight is 268 g/mol. The van der Waals surface area contributed by atoms with Crippen LogP contribution in [0.25, 0.3) is 5.57 Å². The zero-order valence-electron chi connectivity index (χ0n) is 11.2. The summed E-state index contributed by atoms with van der Waals surface area (Å²) in [5.41, 5.74) is 0.843. The van der Waals surface area contributed by atoms with E-state index in [0.717, 1.165) is 24.5 Å². The maximum Gasteiger partial charge on any atom is 0.133 e. The summed E-state index contributed by atoms with van der Waals surface area (Å²) in [5.74, 6) is -1.12. The lowest BCUT2D eigenvalue weighted by atomic mass is 9.88. The Morgan fingerprint density at radius 2 is 2.16 bits per heavy atom. The van der Waals surface area contributed by atoms with E-state index in [4.69, 9.17) is 9.47 Å². The molecular formula is C15H18F2O2. The van der Waals surface area contributed by atoms with Crippen LogP contribution in [0.1, 0.15) is 31.7 Å². The summed E-state index contributed by atoms with van der Waals surface area (Å²) in [6.45, 7) is 2.55. The maximum absolute atomic E-state index is 13.7. The van der Waals surface area contributed by atoms with Gasteiger partial charge in [-0.25, -0.2) is 8.78 Å². The number of ether oxygens (including phenoxy) is 2. The van der Waals surface area contributed by atoms with Crippen molar-refractivity contribution in [3.8, 4) is 0 Å². The molecular weight excluding hydrogens is 250 g/mol. The fourth-order valence-corrected chi connectivity index (χ4v) is 2.36. The summed E-state index contributed by atoms with van der Waals surface area (Å²) >= 11 is 0. The van der Waals surface area contributed by atoms with Crippen molar-refractivity contribution in [1.29, 1.82) is 0 Å². The van der Waals surface area contributed by atoms with E-state index in [0.29, 0.717) is 18.6 Å². The van der Waals surface area contributed by atoms with Gasteiger partial charge in [0.05, 0.1) is 12.9 Å².